The fourth-order valence-electron chi connectivity index (χ4n) is 2.24. The summed E-state index contributed by atoms with van der Waals surface area (Å²) in [6, 6.07) is 13.0. The molecule has 0 spiro atoms. The minimum Gasteiger partial charge on any atom is -0.324 e. The second-order valence-electron chi connectivity index (χ2n) is 4.06. The second kappa shape index (κ2) is 3.21. The third-order valence-corrected chi connectivity index (χ3v) is 2.99. The molecule has 0 aliphatic heterocycles. The number of hydrogen-bond acceptors (Lipinski definition) is 1. The van der Waals surface area contributed by atoms with Gasteiger partial charge in [-0.25, -0.2) is 0 Å². The Morgan fingerprint density at radius 3 is 2.87 bits per heavy atom. The molecule has 1 atom stereocenters. The van der Waals surface area contributed by atoms with Crippen molar-refractivity contribution in [2.24, 2.45) is 5.73 Å². The van der Waals surface area contributed by atoms with Gasteiger partial charge in [0.05, 0.1) is 0 Å². The topological polar surface area (TPSA) is 26.0 Å². The standard InChI is InChI=1S/C14H13N/c15-12-7-8-14-11(9-12)6-5-10-3-1-2-4-13(10)14/h1-6,8-9,12H,7,15H2. The van der Waals surface area contributed by atoms with E-state index >= 15 is 0 Å². The van der Waals surface area contributed by atoms with Crippen LogP contribution in [0.1, 0.15) is 6.42 Å². The monoisotopic (exact) mass is 195 g/mol. The largest absolute Gasteiger partial charge is 0.324 e. The van der Waals surface area contributed by atoms with Gasteiger partial charge < -0.3 is 5.73 Å². The van der Waals surface area contributed by atoms with Crippen LogP contribution < -0.4 is 16.2 Å². The molecule has 0 saturated heterocycles. The van der Waals surface area contributed by atoms with Crippen molar-refractivity contribution in [3.05, 3.63) is 46.8 Å². The Morgan fingerprint density at radius 2 is 1.93 bits per heavy atom. The van der Waals surface area contributed by atoms with E-state index in [1.165, 1.54) is 21.2 Å². The highest BCUT2D eigenvalue weighted by molar-refractivity contribution is 5.84. The molecule has 1 unspecified atom stereocenters. The van der Waals surface area contributed by atoms with Gasteiger partial charge in [0.25, 0.3) is 0 Å². The zero-order valence-electron chi connectivity index (χ0n) is 8.48. The minimum atomic E-state index is 0.179. The Kier molecular flexibility index (Phi) is 1.86. The summed E-state index contributed by atoms with van der Waals surface area (Å²) in [7, 11) is 0. The van der Waals surface area contributed by atoms with Gasteiger partial charge in [-0.15, -0.1) is 0 Å². The molecule has 0 saturated carbocycles. The van der Waals surface area contributed by atoms with Crippen LogP contribution in [-0.2, 0) is 0 Å². The van der Waals surface area contributed by atoms with Gasteiger partial charge in [-0.2, -0.15) is 0 Å². The van der Waals surface area contributed by atoms with E-state index in [2.05, 4.69) is 48.6 Å². The zero-order chi connectivity index (χ0) is 10.3. The van der Waals surface area contributed by atoms with Crippen molar-refractivity contribution in [1.82, 2.24) is 0 Å². The molecule has 2 N–H and O–H groups in total. The normalized spacial score (nSPS) is 19.1. The summed E-state index contributed by atoms with van der Waals surface area (Å²) in [4.78, 5) is 0. The first-order chi connectivity index (χ1) is 7.34. The van der Waals surface area contributed by atoms with E-state index in [4.69, 9.17) is 5.73 Å². The van der Waals surface area contributed by atoms with Gasteiger partial charge in [0.15, 0.2) is 0 Å². The van der Waals surface area contributed by atoms with Crippen LogP contribution in [0.5, 0.6) is 0 Å². The first-order valence-corrected chi connectivity index (χ1v) is 5.30. The van der Waals surface area contributed by atoms with Gasteiger partial charge in [-0.1, -0.05) is 48.6 Å². The van der Waals surface area contributed by atoms with E-state index in [0.717, 1.165) is 6.42 Å². The maximum atomic E-state index is 5.91. The van der Waals surface area contributed by atoms with Gasteiger partial charge in [0, 0.05) is 6.04 Å². The highest BCUT2D eigenvalue weighted by atomic mass is 14.6. The average molecular weight is 195 g/mol. The maximum Gasteiger partial charge on any atom is 0.0268 e. The molecule has 1 nitrogen and oxygen atoms in total. The molecule has 2 aromatic rings. The molecular formula is C14H13N. The maximum absolute atomic E-state index is 5.91. The fourth-order valence-corrected chi connectivity index (χ4v) is 2.24. The van der Waals surface area contributed by atoms with Crippen molar-refractivity contribution in [1.29, 1.82) is 0 Å². The SMILES string of the molecule is NC1C=c2ccc3ccccc3c2=CC1. The summed E-state index contributed by atoms with van der Waals surface area (Å²) in [5.41, 5.74) is 5.91. The summed E-state index contributed by atoms with van der Waals surface area (Å²) in [5.74, 6) is 0. The Bertz CT molecular complexity index is 625. The van der Waals surface area contributed by atoms with E-state index in [0.29, 0.717) is 0 Å². The molecular weight excluding hydrogens is 182 g/mol. The minimum absolute atomic E-state index is 0.179. The van der Waals surface area contributed by atoms with E-state index in [1.54, 1.807) is 0 Å². The lowest BCUT2D eigenvalue weighted by atomic mass is 9.99. The van der Waals surface area contributed by atoms with Gasteiger partial charge in [0.1, 0.15) is 0 Å². The third-order valence-electron chi connectivity index (χ3n) is 2.99. The van der Waals surface area contributed by atoms with Crippen LogP contribution in [0.4, 0.5) is 0 Å². The number of benzene rings is 2. The lowest BCUT2D eigenvalue weighted by Gasteiger charge is -2.09. The third kappa shape index (κ3) is 1.36. The van der Waals surface area contributed by atoms with Gasteiger partial charge in [-0.05, 0) is 27.6 Å². The molecule has 1 aliphatic carbocycles. The molecule has 74 valence electrons. The summed E-state index contributed by atoms with van der Waals surface area (Å²) in [6.45, 7) is 0. The Balaban J connectivity index is 2.51. The molecule has 1 heteroatoms. The van der Waals surface area contributed by atoms with E-state index < -0.39 is 0 Å². The highest BCUT2D eigenvalue weighted by Gasteiger charge is 2.03. The number of hydrogen-bond donors (Lipinski definition) is 1. The molecule has 0 heterocycles. The van der Waals surface area contributed by atoms with E-state index in [-0.39, 0.29) is 6.04 Å². The van der Waals surface area contributed by atoms with Crippen LogP contribution in [0.3, 0.4) is 0 Å². The summed E-state index contributed by atoms with van der Waals surface area (Å²) in [6.07, 6.45) is 5.35. The van der Waals surface area contributed by atoms with Crippen molar-refractivity contribution < 1.29 is 0 Å². The van der Waals surface area contributed by atoms with Crippen molar-refractivity contribution >= 4 is 22.9 Å². The summed E-state index contributed by atoms with van der Waals surface area (Å²) >= 11 is 0. The Hall–Kier alpha value is -1.60. The van der Waals surface area contributed by atoms with Crippen LogP contribution in [-0.4, -0.2) is 6.04 Å². The molecule has 0 bridgehead atoms. The predicted octanol–water partition coefficient (Wildman–Crippen LogP) is 1.13. The Labute approximate surface area is 88.5 Å². The molecule has 15 heavy (non-hydrogen) atoms. The average Bonchev–Trinajstić information content (AvgIpc) is 2.28. The number of rotatable bonds is 0. The van der Waals surface area contributed by atoms with Gasteiger partial charge in [0.2, 0.25) is 0 Å². The van der Waals surface area contributed by atoms with Crippen LogP contribution in [0.15, 0.2) is 36.4 Å². The number of fused-ring (bicyclic) bond motifs is 3. The van der Waals surface area contributed by atoms with Crippen molar-refractivity contribution in [2.75, 3.05) is 0 Å². The molecule has 0 radical (unpaired) electrons. The smallest absolute Gasteiger partial charge is 0.0268 e. The predicted molar refractivity (Wildman–Crippen MR) is 64.7 cm³/mol. The van der Waals surface area contributed by atoms with Crippen LogP contribution in [0.25, 0.3) is 22.9 Å². The molecule has 2 aromatic carbocycles. The second-order valence-corrected chi connectivity index (χ2v) is 4.06. The van der Waals surface area contributed by atoms with Crippen molar-refractivity contribution in [3.63, 3.8) is 0 Å². The summed E-state index contributed by atoms with van der Waals surface area (Å²) in [5, 5.41) is 5.25. The molecule has 0 amide bonds. The molecule has 0 fully saturated rings. The Morgan fingerprint density at radius 1 is 1.07 bits per heavy atom. The van der Waals surface area contributed by atoms with E-state index in [1.807, 2.05) is 0 Å². The van der Waals surface area contributed by atoms with Crippen LogP contribution in [0.2, 0.25) is 0 Å². The molecule has 0 aromatic heterocycles. The van der Waals surface area contributed by atoms with Crippen molar-refractivity contribution in [2.45, 2.75) is 12.5 Å². The molecule has 1 aliphatic rings. The highest BCUT2D eigenvalue weighted by Crippen LogP contribution is 2.08. The fraction of sp³-hybridized carbons (Fsp3) is 0.143. The zero-order valence-corrected chi connectivity index (χ0v) is 8.48. The van der Waals surface area contributed by atoms with Crippen LogP contribution >= 0.6 is 0 Å². The van der Waals surface area contributed by atoms with Gasteiger partial charge >= 0.3 is 0 Å². The molecule has 3 rings (SSSR count). The quantitative estimate of drug-likeness (QED) is 0.670. The number of nitrogens with two attached hydrogens (primary N) is 1. The summed E-state index contributed by atoms with van der Waals surface area (Å²) < 4.78 is 0. The lowest BCUT2D eigenvalue weighted by Crippen LogP contribution is -2.34. The van der Waals surface area contributed by atoms with E-state index in [9.17, 15) is 0 Å². The first-order valence-electron chi connectivity index (χ1n) is 5.30. The van der Waals surface area contributed by atoms with Crippen molar-refractivity contribution in [3.8, 4) is 0 Å². The van der Waals surface area contributed by atoms with Crippen LogP contribution in [0, 0.1) is 0 Å². The van der Waals surface area contributed by atoms with Gasteiger partial charge in [-0.3, -0.25) is 0 Å². The first kappa shape index (κ1) is 8.69. The lowest BCUT2D eigenvalue weighted by molar-refractivity contribution is 0.889.